The molecule has 0 radical (unpaired) electrons. The average Bonchev–Trinajstić information content (AvgIpc) is 2.38. The monoisotopic (exact) mass is 272 g/mol. The summed E-state index contributed by atoms with van der Waals surface area (Å²) in [5.41, 5.74) is 10.7. The molecule has 0 saturated heterocycles. The molecule has 0 atom stereocenters. The third-order valence-corrected chi connectivity index (χ3v) is 2.90. The number of nitrogens with two attached hydrogens (primary N) is 2. The molecule has 0 aliphatic heterocycles. The summed E-state index contributed by atoms with van der Waals surface area (Å²) < 4.78 is 4.74. The first kappa shape index (κ1) is 18.1. The minimum Gasteiger partial charge on any atom is -0.393 e. The summed E-state index contributed by atoms with van der Waals surface area (Å²) in [7, 11) is 0. The SMILES string of the molecule is NCCCCCCC(=O)OC(=O)CCCCCCN. The standard InChI is InChI=1S/C14H28N2O3/c15-11-7-3-1-5-9-13(17)19-14(18)10-6-2-4-8-12-16/h1-12,15-16H2. The van der Waals surface area contributed by atoms with Crippen LogP contribution in [0.4, 0.5) is 0 Å². The van der Waals surface area contributed by atoms with Crippen LogP contribution in [0.15, 0.2) is 0 Å². The zero-order valence-corrected chi connectivity index (χ0v) is 11.9. The maximum Gasteiger partial charge on any atom is 0.313 e. The van der Waals surface area contributed by atoms with Crippen molar-refractivity contribution in [3.8, 4) is 0 Å². The van der Waals surface area contributed by atoms with Crippen LogP contribution >= 0.6 is 0 Å². The van der Waals surface area contributed by atoms with E-state index in [1.807, 2.05) is 0 Å². The number of carbonyl (C=O) groups excluding carboxylic acids is 2. The predicted octanol–water partition coefficient (Wildman–Crippen LogP) is 1.87. The molecule has 0 bridgehead atoms. The van der Waals surface area contributed by atoms with E-state index in [2.05, 4.69) is 0 Å². The summed E-state index contributed by atoms with van der Waals surface area (Å²) in [5.74, 6) is -0.806. The van der Waals surface area contributed by atoms with Gasteiger partial charge in [0.1, 0.15) is 0 Å². The first-order valence-electron chi connectivity index (χ1n) is 7.34. The number of hydrogen-bond acceptors (Lipinski definition) is 5. The highest BCUT2D eigenvalue weighted by Gasteiger charge is 2.09. The molecule has 0 saturated carbocycles. The second-order valence-electron chi connectivity index (χ2n) is 4.75. The minimum atomic E-state index is -0.403. The third-order valence-electron chi connectivity index (χ3n) is 2.90. The molecule has 0 fully saturated rings. The van der Waals surface area contributed by atoms with Crippen molar-refractivity contribution in [1.29, 1.82) is 0 Å². The van der Waals surface area contributed by atoms with Crippen molar-refractivity contribution in [2.24, 2.45) is 11.5 Å². The largest absolute Gasteiger partial charge is 0.393 e. The Kier molecular flexibility index (Phi) is 12.8. The van der Waals surface area contributed by atoms with Crippen molar-refractivity contribution in [2.75, 3.05) is 13.1 Å². The second kappa shape index (κ2) is 13.5. The van der Waals surface area contributed by atoms with E-state index in [0.717, 1.165) is 51.4 Å². The lowest BCUT2D eigenvalue weighted by Gasteiger charge is -2.03. The van der Waals surface area contributed by atoms with Crippen molar-refractivity contribution in [2.45, 2.75) is 64.2 Å². The van der Waals surface area contributed by atoms with Crippen LogP contribution in [-0.2, 0) is 14.3 Å². The van der Waals surface area contributed by atoms with Crippen molar-refractivity contribution in [3.63, 3.8) is 0 Å². The molecule has 0 aliphatic rings. The highest BCUT2D eigenvalue weighted by atomic mass is 16.6. The van der Waals surface area contributed by atoms with E-state index < -0.39 is 11.9 Å². The summed E-state index contributed by atoms with van der Waals surface area (Å²) >= 11 is 0. The van der Waals surface area contributed by atoms with Gasteiger partial charge in [0.25, 0.3) is 0 Å². The van der Waals surface area contributed by atoms with Gasteiger partial charge in [-0.2, -0.15) is 0 Å². The minimum absolute atomic E-state index is 0.323. The molecule has 0 aromatic heterocycles. The van der Waals surface area contributed by atoms with E-state index in [4.69, 9.17) is 16.2 Å². The van der Waals surface area contributed by atoms with Crippen LogP contribution in [0.5, 0.6) is 0 Å². The number of hydrogen-bond donors (Lipinski definition) is 2. The van der Waals surface area contributed by atoms with Gasteiger partial charge in [0.15, 0.2) is 0 Å². The van der Waals surface area contributed by atoms with Gasteiger partial charge in [0, 0.05) is 12.8 Å². The molecule has 4 N–H and O–H groups in total. The molecule has 5 heteroatoms. The Labute approximate surface area is 116 Å². The van der Waals surface area contributed by atoms with E-state index >= 15 is 0 Å². The zero-order chi connectivity index (χ0) is 14.3. The van der Waals surface area contributed by atoms with E-state index in [1.165, 1.54) is 0 Å². The van der Waals surface area contributed by atoms with Crippen LogP contribution in [-0.4, -0.2) is 25.0 Å². The van der Waals surface area contributed by atoms with Crippen LogP contribution in [0.3, 0.4) is 0 Å². The van der Waals surface area contributed by atoms with Gasteiger partial charge >= 0.3 is 11.9 Å². The Morgan fingerprint density at radius 3 is 1.37 bits per heavy atom. The van der Waals surface area contributed by atoms with Gasteiger partial charge < -0.3 is 16.2 Å². The molecule has 0 rings (SSSR count). The number of unbranched alkanes of at least 4 members (excludes halogenated alkanes) is 6. The number of ether oxygens (including phenoxy) is 1. The summed E-state index contributed by atoms with van der Waals surface area (Å²) in [4.78, 5) is 22.7. The normalized spacial score (nSPS) is 10.4. The molecule has 112 valence electrons. The van der Waals surface area contributed by atoms with Gasteiger partial charge in [0.05, 0.1) is 0 Å². The van der Waals surface area contributed by atoms with Crippen molar-refractivity contribution < 1.29 is 14.3 Å². The molecule has 5 nitrogen and oxygen atoms in total. The first-order chi connectivity index (χ1) is 9.20. The topological polar surface area (TPSA) is 95.4 Å². The smallest absolute Gasteiger partial charge is 0.313 e. The zero-order valence-electron chi connectivity index (χ0n) is 11.9. The van der Waals surface area contributed by atoms with Crippen LogP contribution in [0.2, 0.25) is 0 Å². The van der Waals surface area contributed by atoms with E-state index in [0.29, 0.717) is 25.9 Å². The van der Waals surface area contributed by atoms with Gasteiger partial charge in [-0.1, -0.05) is 25.7 Å². The molecule has 0 amide bonds. The van der Waals surface area contributed by atoms with Crippen molar-refractivity contribution in [3.05, 3.63) is 0 Å². The molecule has 0 spiro atoms. The van der Waals surface area contributed by atoms with E-state index in [1.54, 1.807) is 0 Å². The molecule has 0 unspecified atom stereocenters. The molecule has 0 aromatic rings. The number of esters is 2. The Morgan fingerprint density at radius 2 is 1.00 bits per heavy atom. The van der Waals surface area contributed by atoms with Gasteiger partial charge in [-0.25, -0.2) is 0 Å². The van der Waals surface area contributed by atoms with Gasteiger partial charge in [-0.05, 0) is 38.8 Å². The van der Waals surface area contributed by atoms with Crippen molar-refractivity contribution in [1.82, 2.24) is 0 Å². The van der Waals surface area contributed by atoms with Crippen molar-refractivity contribution >= 4 is 11.9 Å². The number of rotatable bonds is 12. The fourth-order valence-corrected chi connectivity index (χ4v) is 1.76. The highest BCUT2D eigenvalue weighted by molar-refractivity contribution is 5.85. The summed E-state index contributed by atoms with van der Waals surface area (Å²) in [6.07, 6.45) is 8.11. The average molecular weight is 272 g/mol. The molecule has 0 aromatic carbocycles. The third kappa shape index (κ3) is 13.3. The molecular formula is C14H28N2O3. The lowest BCUT2D eigenvalue weighted by molar-refractivity contribution is -0.159. The van der Waals surface area contributed by atoms with E-state index in [-0.39, 0.29) is 0 Å². The first-order valence-corrected chi connectivity index (χ1v) is 7.34. The van der Waals surface area contributed by atoms with Gasteiger partial charge in [0.2, 0.25) is 0 Å². The predicted molar refractivity (Wildman–Crippen MR) is 75.4 cm³/mol. The molecule has 0 heterocycles. The highest BCUT2D eigenvalue weighted by Crippen LogP contribution is 2.06. The maximum atomic E-state index is 11.3. The second-order valence-corrected chi connectivity index (χ2v) is 4.75. The molecule has 0 aliphatic carbocycles. The molecule has 19 heavy (non-hydrogen) atoms. The lowest BCUT2D eigenvalue weighted by Crippen LogP contribution is -2.12. The maximum absolute atomic E-state index is 11.3. The lowest BCUT2D eigenvalue weighted by atomic mass is 10.1. The fourth-order valence-electron chi connectivity index (χ4n) is 1.76. The summed E-state index contributed by atoms with van der Waals surface area (Å²) in [5, 5.41) is 0. The quantitative estimate of drug-likeness (QED) is 0.321. The van der Waals surface area contributed by atoms with E-state index in [9.17, 15) is 9.59 Å². The Bertz CT molecular complexity index is 221. The van der Waals surface area contributed by atoms with Crippen LogP contribution in [0.1, 0.15) is 64.2 Å². The van der Waals surface area contributed by atoms with Crippen LogP contribution in [0.25, 0.3) is 0 Å². The van der Waals surface area contributed by atoms with Crippen LogP contribution < -0.4 is 11.5 Å². The number of carbonyl (C=O) groups is 2. The van der Waals surface area contributed by atoms with Gasteiger partial charge in [-0.15, -0.1) is 0 Å². The Hall–Kier alpha value is -0.940. The Balaban J connectivity index is 3.40. The van der Waals surface area contributed by atoms with Gasteiger partial charge in [-0.3, -0.25) is 9.59 Å². The fraction of sp³-hybridized carbons (Fsp3) is 0.857. The Morgan fingerprint density at radius 1 is 0.632 bits per heavy atom. The summed E-state index contributed by atoms with van der Waals surface area (Å²) in [6, 6.07) is 0. The summed E-state index contributed by atoms with van der Waals surface area (Å²) in [6.45, 7) is 1.38. The molecular weight excluding hydrogens is 244 g/mol. The van der Waals surface area contributed by atoms with Crippen LogP contribution in [0, 0.1) is 0 Å².